The lowest BCUT2D eigenvalue weighted by molar-refractivity contribution is -0.0586. The number of hydrogen-bond donors (Lipinski definition) is 0. The third kappa shape index (κ3) is 2.17. The Morgan fingerprint density at radius 1 is 1.25 bits per heavy atom. The molecule has 1 aliphatic heterocycles. The highest BCUT2D eigenvalue weighted by Crippen LogP contribution is 2.33. The van der Waals surface area contributed by atoms with E-state index >= 15 is 0 Å². The zero-order valence-electron chi connectivity index (χ0n) is 11.8. The van der Waals surface area contributed by atoms with E-state index in [-0.39, 0.29) is 17.0 Å². The molecule has 20 heavy (non-hydrogen) atoms. The topological polar surface area (TPSA) is 72.6 Å². The first kappa shape index (κ1) is 14.0. The number of morpholine rings is 1. The van der Waals surface area contributed by atoms with Crippen LogP contribution in [0.5, 0.6) is 0 Å². The fourth-order valence-corrected chi connectivity index (χ4v) is 5.28. The summed E-state index contributed by atoms with van der Waals surface area (Å²) in [7, 11) is -3.55. The summed E-state index contributed by atoms with van der Waals surface area (Å²) in [6.45, 7) is 4.19. The van der Waals surface area contributed by atoms with Crippen LogP contribution in [-0.2, 0) is 14.8 Å². The summed E-state index contributed by atoms with van der Waals surface area (Å²) in [6.07, 6.45) is 4.01. The van der Waals surface area contributed by atoms with E-state index in [9.17, 15) is 8.42 Å². The molecule has 2 atom stereocenters. The van der Waals surface area contributed by atoms with Crippen molar-refractivity contribution in [2.24, 2.45) is 0 Å². The van der Waals surface area contributed by atoms with Gasteiger partial charge in [0.1, 0.15) is 10.6 Å². The highest BCUT2D eigenvalue weighted by Gasteiger charge is 2.42. The lowest BCUT2D eigenvalue weighted by atomic mass is 9.91. The second-order valence-electron chi connectivity index (χ2n) is 5.53. The Morgan fingerprint density at radius 2 is 2.00 bits per heavy atom. The van der Waals surface area contributed by atoms with E-state index < -0.39 is 10.0 Å². The van der Waals surface area contributed by atoms with Gasteiger partial charge in [-0.15, -0.1) is 0 Å². The molecule has 1 aliphatic carbocycles. The quantitative estimate of drug-likeness (QED) is 0.830. The zero-order chi connectivity index (χ0) is 14.3. The third-order valence-electron chi connectivity index (χ3n) is 4.22. The van der Waals surface area contributed by atoms with Gasteiger partial charge in [0.05, 0.1) is 18.8 Å². The molecule has 1 aromatic heterocycles. The molecule has 6 nitrogen and oxygen atoms in total. The molecule has 0 spiro atoms. The number of aryl methyl sites for hydroxylation is 2. The Balaban J connectivity index is 1.98. The molecule has 3 rings (SSSR count). The average molecular weight is 300 g/mol. The fraction of sp³-hybridized carbons (Fsp3) is 0.769. The van der Waals surface area contributed by atoms with Crippen LogP contribution in [0.2, 0.25) is 0 Å². The van der Waals surface area contributed by atoms with Gasteiger partial charge in [0.25, 0.3) is 0 Å². The van der Waals surface area contributed by atoms with Crippen LogP contribution < -0.4 is 0 Å². The smallest absolute Gasteiger partial charge is 0.248 e. The summed E-state index contributed by atoms with van der Waals surface area (Å²) in [6, 6.07) is -0.0452. The number of nitrogens with zero attached hydrogens (tertiary/aromatic N) is 2. The number of rotatable bonds is 2. The van der Waals surface area contributed by atoms with E-state index in [1.165, 1.54) is 0 Å². The van der Waals surface area contributed by atoms with E-state index in [0.717, 1.165) is 25.7 Å². The standard InChI is InChI=1S/C13H20N2O4S/c1-9-13(10(2)19-14-9)20(16,17)15-7-8-18-12-6-4-3-5-11(12)15/h11-12H,3-8H2,1-2H3/t11-,12+/m0/s1. The maximum absolute atomic E-state index is 12.9. The van der Waals surface area contributed by atoms with Crippen LogP contribution in [-0.4, -0.2) is 43.2 Å². The Kier molecular flexibility index (Phi) is 3.60. The van der Waals surface area contributed by atoms with Crippen molar-refractivity contribution in [3.63, 3.8) is 0 Å². The highest BCUT2D eigenvalue weighted by atomic mass is 32.2. The lowest BCUT2D eigenvalue weighted by Gasteiger charge is -2.42. The first-order chi connectivity index (χ1) is 9.51. The van der Waals surface area contributed by atoms with Gasteiger partial charge in [0, 0.05) is 6.54 Å². The normalized spacial score (nSPS) is 28.3. The minimum Gasteiger partial charge on any atom is -0.375 e. The van der Waals surface area contributed by atoms with Gasteiger partial charge in [-0.3, -0.25) is 0 Å². The van der Waals surface area contributed by atoms with Crippen molar-refractivity contribution in [3.8, 4) is 0 Å². The molecule has 112 valence electrons. The first-order valence-electron chi connectivity index (χ1n) is 7.08. The first-order valence-corrected chi connectivity index (χ1v) is 8.52. The summed E-state index contributed by atoms with van der Waals surface area (Å²) in [5.41, 5.74) is 0.432. The molecule has 2 fully saturated rings. The number of sulfonamides is 1. The number of hydrogen-bond acceptors (Lipinski definition) is 5. The SMILES string of the molecule is Cc1noc(C)c1S(=O)(=O)N1CCO[C@@H]2CCCC[C@@H]21. The van der Waals surface area contributed by atoms with Crippen LogP contribution in [0.25, 0.3) is 0 Å². The van der Waals surface area contributed by atoms with E-state index in [1.54, 1.807) is 18.2 Å². The summed E-state index contributed by atoms with van der Waals surface area (Å²) in [5.74, 6) is 0.362. The molecule has 2 heterocycles. The van der Waals surface area contributed by atoms with Gasteiger partial charge < -0.3 is 9.26 Å². The lowest BCUT2D eigenvalue weighted by Crippen LogP contribution is -2.54. The largest absolute Gasteiger partial charge is 0.375 e. The summed E-state index contributed by atoms with van der Waals surface area (Å²) >= 11 is 0. The van der Waals surface area contributed by atoms with Crippen LogP contribution in [0.15, 0.2) is 9.42 Å². The van der Waals surface area contributed by atoms with E-state index in [2.05, 4.69) is 5.16 Å². The maximum atomic E-state index is 12.9. The molecular formula is C13H20N2O4S. The predicted molar refractivity (Wildman–Crippen MR) is 71.9 cm³/mol. The minimum atomic E-state index is -3.55. The van der Waals surface area contributed by atoms with Crippen LogP contribution in [0.3, 0.4) is 0 Å². The summed E-state index contributed by atoms with van der Waals surface area (Å²) < 4.78 is 38.2. The van der Waals surface area contributed by atoms with Crippen molar-refractivity contribution < 1.29 is 17.7 Å². The van der Waals surface area contributed by atoms with Crippen molar-refractivity contribution in [3.05, 3.63) is 11.5 Å². The van der Waals surface area contributed by atoms with E-state index in [0.29, 0.717) is 24.6 Å². The van der Waals surface area contributed by atoms with Gasteiger partial charge in [0.15, 0.2) is 5.76 Å². The maximum Gasteiger partial charge on any atom is 0.248 e. The highest BCUT2D eigenvalue weighted by molar-refractivity contribution is 7.89. The third-order valence-corrected chi connectivity index (χ3v) is 6.39. The molecule has 0 amide bonds. The Hall–Kier alpha value is -0.920. The van der Waals surface area contributed by atoms with Crippen molar-refractivity contribution in [1.82, 2.24) is 9.46 Å². The molecule has 0 bridgehead atoms. The zero-order valence-corrected chi connectivity index (χ0v) is 12.6. The molecule has 7 heteroatoms. The van der Waals surface area contributed by atoms with Gasteiger partial charge in [-0.2, -0.15) is 4.31 Å². The number of ether oxygens (including phenoxy) is 1. The van der Waals surface area contributed by atoms with Crippen LogP contribution >= 0.6 is 0 Å². The van der Waals surface area contributed by atoms with Gasteiger partial charge in [-0.1, -0.05) is 18.0 Å². The van der Waals surface area contributed by atoms with Crippen molar-refractivity contribution in [2.75, 3.05) is 13.2 Å². The molecule has 0 radical (unpaired) electrons. The van der Waals surface area contributed by atoms with Gasteiger partial charge >= 0.3 is 0 Å². The molecule has 0 aromatic carbocycles. The second-order valence-corrected chi connectivity index (χ2v) is 7.36. The Labute approximate surface area is 119 Å². The monoisotopic (exact) mass is 300 g/mol. The van der Waals surface area contributed by atoms with Crippen LogP contribution in [0.1, 0.15) is 37.1 Å². The molecule has 1 saturated heterocycles. The average Bonchev–Trinajstić information content (AvgIpc) is 2.78. The van der Waals surface area contributed by atoms with Crippen molar-refractivity contribution >= 4 is 10.0 Å². The van der Waals surface area contributed by atoms with Crippen LogP contribution in [0.4, 0.5) is 0 Å². The molecule has 1 saturated carbocycles. The van der Waals surface area contributed by atoms with Crippen molar-refractivity contribution in [2.45, 2.75) is 56.6 Å². The molecule has 1 aromatic rings. The predicted octanol–water partition coefficient (Wildman–Crippen LogP) is 1.62. The molecule has 0 N–H and O–H groups in total. The fourth-order valence-electron chi connectivity index (χ4n) is 3.32. The summed E-state index contributed by atoms with van der Waals surface area (Å²) in [5, 5.41) is 3.77. The van der Waals surface area contributed by atoms with Gasteiger partial charge in [-0.25, -0.2) is 8.42 Å². The van der Waals surface area contributed by atoms with Crippen LogP contribution in [0, 0.1) is 13.8 Å². The second kappa shape index (κ2) is 5.13. The Bertz CT molecular complexity index is 574. The molecule has 0 unspecified atom stereocenters. The van der Waals surface area contributed by atoms with E-state index in [4.69, 9.17) is 9.26 Å². The number of fused-ring (bicyclic) bond motifs is 1. The summed E-state index contributed by atoms with van der Waals surface area (Å²) in [4.78, 5) is 0.226. The molecular weight excluding hydrogens is 280 g/mol. The van der Waals surface area contributed by atoms with E-state index in [1.807, 2.05) is 0 Å². The Morgan fingerprint density at radius 3 is 2.70 bits per heavy atom. The number of aromatic nitrogens is 1. The van der Waals surface area contributed by atoms with Gasteiger partial charge in [-0.05, 0) is 26.7 Å². The minimum absolute atomic E-state index is 0.0350. The van der Waals surface area contributed by atoms with Gasteiger partial charge in [0.2, 0.25) is 10.0 Å². The van der Waals surface area contributed by atoms with Crippen molar-refractivity contribution in [1.29, 1.82) is 0 Å². The molecule has 2 aliphatic rings.